The fourth-order valence-electron chi connectivity index (χ4n) is 3.24. The van der Waals surface area contributed by atoms with Crippen molar-refractivity contribution in [2.45, 2.75) is 12.7 Å². The van der Waals surface area contributed by atoms with Gasteiger partial charge in [0.15, 0.2) is 0 Å². The molecule has 1 aromatic heterocycles. The Balaban J connectivity index is 1.68. The second-order valence-electron chi connectivity index (χ2n) is 6.68. The number of carbonyl (C=O) groups excluding carboxylic acids is 2. The van der Waals surface area contributed by atoms with Crippen LogP contribution in [-0.4, -0.2) is 30.9 Å². The SMILES string of the molecule is CN1C(=O)C(NC(=O)NCc2ccco2)N=C(c2ccccc2F)c2ccccc21. The molecule has 0 saturated heterocycles. The minimum Gasteiger partial charge on any atom is -0.467 e. The number of nitrogens with zero attached hydrogens (tertiary/aromatic N) is 2. The second-order valence-corrected chi connectivity index (χ2v) is 6.68. The van der Waals surface area contributed by atoms with Crippen molar-refractivity contribution in [2.24, 2.45) is 4.99 Å². The number of halogens is 1. The summed E-state index contributed by atoms with van der Waals surface area (Å²) in [6, 6.07) is 16.1. The highest BCUT2D eigenvalue weighted by Gasteiger charge is 2.31. The van der Waals surface area contributed by atoms with Gasteiger partial charge in [-0.1, -0.05) is 30.3 Å². The Morgan fingerprint density at radius 1 is 1.10 bits per heavy atom. The number of benzene rings is 2. The van der Waals surface area contributed by atoms with Crippen molar-refractivity contribution in [3.8, 4) is 0 Å². The first-order valence-corrected chi connectivity index (χ1v) is 9.31. The molecule has 2 N–H and O–H groups in total. The number of fused-ring (bicyclic) bond motifs is 1. The number of urea groups is 1. The molecule has 0 fully saturated rings. The highest BCUT2D eigenvalue weighted by Crippen LogP contribution is 2.27. The van der Waals surface area contributed by atoms with Crippen LogP contribution < -0.4 is 15.5 Å². The maximum Gasteiger partial charge on any atom is 0.317 e. The van der Waals surface area contributed by atoms with Gasteiger partial charge in [-0.3, -0.25) is 4.79 Å². The molecule has 0 radical (unpaired) electrons. The van der Waals surface area contributed by atoms with Crippen LogP contribution in [0.2, 0.25) is 0 Å². The summed E-state index contributed by atoms with van der Waals surface area (Å²) in [5.41, 5.74) is 1.71. The standard InChI is InChI=1S/C22H19FN4O3/c1-27-18-11-5-3-9-16(18)19(15-8-2-4-10-17(15)23)25-20(21(27)28)26-22(29)24-13-14-7-6-12-30-14/h2-12,20H,13H2,1H3,(H2,24,26,29). The van der Waals surface area contributed by atoms with E-state index >= 15 is 0 Å². The topological polar surface area (TPSA) is 86.9 Å². The zero-order valence-corrected chi connectivity index (χ0v) is 16.1. The maximum absolute atomic E-state index is 14.6. The average molecular weight is 406 g/mol. The van der Waals surface area contributed by atoms with Crippen LogP contribution in [0, 0.1) is 5.82 Å². The van der Waals surface area contributed by atoms with E-state index in [2.05, 4.69) is 15.6 Å². The zero-order valence-electron chi connectivity index (χ0n) is 16.1. The van der Waals surface area contributed by atoms with Crippen molar-refractivity contribution in [1.29, 1.82) is 0 Å². The van der Waals surface area contributed by atoms with Crippen LogP contribution >= 0.6 is 0 Å². The Bertz CT molecular complexity index is 1110. The number of likely N-dealkylation sites (N-methyl/N-ethyl adjacent to an activating group) is 1. The first kappa shape index (κ1) is 19.4. The molecule has 1 atom stereocenters. The van der Waals surface area contributed by atoms with Gasteiger partial charge in [0.2, 0.25) is 6.17 Å². The largest absolute Gasteiger partial charge is 0.467 e. The molecule has 4 rings (SSSR count). The highest BCUT2D eigenvalue weighted by atomic mass is 19.1. The van der Waals surface area contributed by atoms with Gasteiger partial charge in [0, 0.05) is 18.2 Å². The molecule has 2 aromatic carbocycles. The molecule has 2 heterocycles. The maximum atomic E-state index is 14.6. The molecule has 1 aliphatic heterocycles. The van der Waals surface area contributed by atoms with Crippen LogP contribution in [0.5, 0.6) is 0 Å². The van der Waals surface area contributed by atoms with Crippen molar-refractivity contribution >= 4 is 23.3 Å². The molecule has 8 heteroatoms. The summed E-state index contributed by atoms with van der Waals surface area (Å²) in [7, 11) is 1.59. The molecule has 0 bridgehead atoms. The fourth-order valence-corrected chi connectivity index (χ4v) is 3.24. The summed E-state index contributed by atoms with van der Waals surface area (Å²) < 4.78 is 19.7. The minimum absolute atomic E-state index is 0.152. The van der Waals surface area contributed by atoms with Gasteiger partial charge in [-0.25, -0.2) is 14.2 Å². The molecule has 0 aliphatic carbocycles. The predicted molar refractivity (Wildman–Crippen MR) is 110 cm³/mol. The number of anilines is 1. The zero-order chi connectivity index (χ0) is 21.1. The van der Waals surface area contributed by atoms with Crippen LogP contribution in [0.3, 0.4) is 0 Å². The summed E-state index contributed by atoms with van der Waals surface area (Å²) >= 11 is 0. The number of hydrogen-bond acceptors (Lipinski definition) is 4. The fraction of sp³-hybridized carbons (Fsp3) is 0.136. The Labute approximate surface area is 172 Å². The Morgan fingerprint density at radius 2 is 1.83 bits per heavy atom. The van der Waals surface area contributed by atoms with Crippen molar-refractivity contribution in [1.82, 2.24) is 10.6 Å². The molecule has 152 valence electrons. The van der Waals surface area contributed by atoms with Gasteiger partial charge in [-0.2, -0.15) is 0 Å². The van der Waals surface area contributed by atoms with Gasteiger partial charge in [0.25, 0.3) is 5.91 Å². The molecular formula is C22H19FN4O3. The molecule has 1 unspecified atom stereocenters. The normalized spacial score (nSPS) is 15.8. The molecular weight excluding hydrogens is 387 g/mol. The van der Waals surface area contributed by atoms with E-state index in [-0.39, 0.29) is 17.8 Å². The number of nitrogens with one attached hydrogen (secondary N) is 2. The minimum atomic E-state index is -1.23. The van der Waals surface area contributed by atoms with E-state index in [0.717, 1.165) is 0 Å². The molecule has 7 nitrogen and oxygen atoms in total. The van der Waals surface area contributed by atoms with Crippen LogP contribution in [0.15, 0.2) is 76.3 Å². The first-order valence-electron chi connectivity index (χ1n) is 9.31. The number of aliphatic imine (C=N–C) groups is 1. The van der Waals surface area contributed by atoms with Crippen LogP contribution in [0.25, 0.3) is 0 Å². The summed E-state index contributed by atoms with van der Waals surface area (Å²) in [6.07, 6.45) is 0.273. The summed E-state index contributed by atoms with van der Waals surface area (Å²) in [4.78, 5) is 31.2. The number of hydrogen-bond donors (Lipinski definition) is 2. The van der Waals surface area contributed by atoms with Gasteiger partial charge < -0.3 is 20.0 Å². The number of rotatable bonds is 4. The van der Waals surface area contributed by atoms with Gasteiger partial charge >= 0.3 is 6.03 Å². The lowest BCUT2D eigenvalue weighted by molar-refractivity contribution is -0.119. The summed E-state index contributed by atoms with van der Waals surface area (Å²) in [5.74, 6) is -0.344. The lowest BCUT2D eigenvalue weighted by atomic mass is 10.00. The van der Waals surface area contributed by atoms with E-state index in [1.807, 2.05) is 0 Å². The van der Waals surface area contributed by atoms with Crippen molar-refractivity contribution in [3.63, 3.8) is 0 Å². The molecule has 30 heavy (non-hydrogen) atoms. The predicted octanol–water partition coefficient (Wildman–Crippen LogP) is 3.06. The summed E-state index contributed by atoms with van der Waals surface area (Å²) in [6.45, 7) is 0.152. The monoisotopic (exact) mass is 406 g/mol. The van der Waals surface area contributed by atoms with Crippen molar-refractivity contribution < 1.29 is 18.4 Å². The lowest BCUT2D eigenvalue weighted by Crippen LogP contribution is -2.49. The van der Waals surface area contributed by atoms with Gasteiger partial charge in [0.1, 0.15) is 11.6 Å². The summed E-state index contributed by atoms with van der Waals surface area (Å²) in [5, 5.41) is 5.18. The Kier molecular flexibility index (Phi) is 5.30. The number of para-hydroxylation sites is 1. The lowest BCUT2D eigenvalue weighted by Gasteiger charge is -2.20. The number of amides is 3. The third-order valence-electron chi connectivity index (χ3n) is 4.74. The average Bonchev–Trinajstić information content (AvgIpc) is 3.25. The number of carbonyl (C=O) groups is 2. The molecule has 0 saturated carbocycles. The Hall–Kier alpha value is -3.94. The van der Waals surface area contributed by atoms with Gasteiger partial charge in [0.05, 0.1) is 24.2 Å². The molecule has 1 aliphatic rings. The quantitative estimate of drug-likeness (QED) is 0.698. The highest BCUT2D eigenvalue weighted by molar-refractivity contribution is 6.20. The van der Waals surface area contributed by atoms with Gasteiger partial charge in [-0.15, -0.1) is 0 Å². The van der Waals surface area contributed by atoms with Crippen LogP contribution in [-0.2, 0) is 11.3 Å². The van der Waals surface area contributed by atoms with Crippen molar-refractivity contribution in [2.75, 3.05) is 11.9 Å². The number of benzodiazepines with no additional fused rings is 1. The van der Waals surface area contributed by atoms with E-state index in [9.17, 15) is 14.0 Å². The van der Waals surface area contributed by atoms with E-state index in [1.165, 1.54) is 17.2 Å². The van der Waals surface area contributed by atoms with E-state index in [0.29, 0.717) is 17.0 Å². The smallest absolute Gasteiger partial charge is 0.317 e. The van der Waals surface area contributed by atoms with E-state index in [1.54, 1.807) is 61.6 Å². The first-order chi connectivity index (χ1) is 14.5. The van der Waals surface area contributed by atoms with Gasteiger partial charge in [-0.05, 0) is 30.3 Å². The second kappa shape index (κ2) is 8.20. The third kappa shape index (κ3) is 3.80. The van der Waals surface area contributed by atoms with Crippen molar-refractivity contribution in [3.05, 3.63) is 89.6 Å². The van der Waals surface area contributed by atoms with Crippen LogP contribution in [0.4, 0.5) is 14.9 Å². The van der Waals surface area contributed by atoms with E-state index in [4.69, 9.17) is 4.42 Å². The third-order valence-corrected chi connectivity index (χ3v) is 4.74. The van der Waals surface area contributed by atoms with E-state index < -0.39 is 23.9 Å². The molecule has 0 spiro atoms. The molecule has 3 aromatic rings. The Morgan fingerprint density at radius 3 is 2.57 bits per heavy atom. The molecule has 3 amide bonds. The number of furan rings is 1. The van der Waals surface area contributed by atoms with Crippen LogP contribution in [0.1, 0.15) is 16.9 Å².